The summed E-state index contributed by atoms with van der Waals surface area (Å²) in [6.07, 6.45) is -1.56. The van der Waals surface area contributed by atoms with Gasteiger partial charge >= 0.3 is 6.16 Å². The van der Waals surface area contributed by atoms with E-state index in [2.05, 4.69) is 10.1 Å². The van der Waals surface area contributed by atoms with Crippen LogP contribution in [0.25, 0.3) is 0 Å². The second-order valence-electron chi connectivity index (χ2n) is 6.80. The molecule has 156 valence electrons. The highest BCUT2D eigenvalue weighted by Gasteiger charge is 2.25. The number of methoxy groups -OCH3 is 1. The van der Waals surface area contributed by atoms with Gasteiger partial charge in [-0.15, -0.1) is 0 Å². The fourth-order valence-corrected chi connectivity index (χ4v) is 3.21. The van der Waals surface area contributed by atoms with Crippen LogP contribution in [0.3, 0.4) is 0 Å². The maximum atomic E-state index is 11.2. The summed E-state index contributed by atoms with van der Waals surface area (Å²) in [6, 6.07) is 12.9. The highest BCUT2D eigenvalue weighted by atomic mass is 35.5. The van der Waals surface area contributed by atoms with Crippen LogP contribution < -0.4 is 14.8 Å². The Bertz CT molecular complexity index is 846. The number of carbonyl (C=O) groups is 1. The number of fused-ring (bicyclic) bond motifs is 1. The van der Waals surface area contributed by atoms with Gasteiger partial charge < -0.3 is 29.4 Å². The summed E-state index contributed by atoms with van der Waals surface area (Å²) in [5, 5.41) is 14.3. The van der Waals surface area contributed by atoms with E-state index in [1.807, 2.05) is 31.2 Å². The third kappa shape index (κ3) is 6.00. The average Bonchev–Trinajstić information content (AvgIpc) is 2.72. The molecule has 7 nitrogen and oxygen atoms in total. The van der Waals surface area contributed by atoms with Gasteiger partial charge in [0, 0.05) is 17.6 Å². The van der Waals surface area contributed by atoms with Crippen molar-refractivity contribution in [3.8, 4) is 11.5 Å². The molecule has 0 radical (unpaired) electrons. The number of carbonyl (C=O) groups excluding carboxylic acids is 1. The molecule has 0 bridgehead atoms. The molecule has 0 fully saturated rings. The van der Waals surface area contributed by atoms with E-state index in [9.17, 15) is 9.90 Å². The molecule has 2 aromatic carbocycles. The van der Waals surface area contributed by atoms with Crippen LogP contribution in [0.2, 0.25) is 5.02 Å². The van der Waals surface area contributed by atoms with Gasteiger partial charge in [0.05, 0.1) is 13.2 Å². The number of hydrogen-bond acceptors (Lipinski definition) is 7. The number of nitrogens with one attached hydrogen (secondary N) is 1. The van der Waals surface area contributed by atoms with Crippen LogP contribution in [0.4, 0.5) is 4.79 Å². The van der Waals surface area contributed by atoms with E-state index in [-0.39, 0.29) is 12.6 Å². The van der Waals surface area contributed by atoms with Crippen LogP contribution in [0.5, 0.6) is 11.5 Å². The zero-order valence-electron chi connectivity index (χ0n) is 16.3. The van der Waals surface area contributed by atoms with Gasteiger partial charge in [-0.05, 0) is 48.7 Å². The Balaban J connectivity index is 1.51. The highest BCUT2D eigenvalue weighted by molar-refractivity contribution is 6.30. The molecule has 3 rings (SSSR count). The van der Waals surface area contributed by atoms with Crippen LogP contribution >= 0.6 is 11.6 Å². The Labute approximate surface area is 174 Å². The van der Waals surface area contributed by atoms with Crippen molar-refractivity contribution < 1.29 is 28.8 Å². The van der Waals surface area contributed by atoms with E-state index in [1.165, 1.54) is 7.11 Å². The smallest absolute Gasteiger partial charge is 0.482 e. The second kappa shape index (κ2) is 9.82. The van der Waals surface area contributed by atoms with Crippen molar-refractivity contribution in [3.63, 3.8) is 0 Å². The summed E-state index contributed by atoms with van der Waals surface area (Å²) in [5.41, 5.74) is 1.83. The summed E-state index contributed by atoms with van der Waals surface area (Å²) < 4.78 is 20.6. The van der Waals surface area contributed by atoms with Gasteiger partial charge in [0.1, 0.15) is 0 Å². The highest BCUT2D eigenvalue weighted by Crippen LogP contribution is 2.33. The Morgan fingerprint density at radius 2 is 2.14 bits per heavy atom. The number of halogens is 1. The van der Waals surface area contributed by atoms with Crippen molar-refractivity contribution in [1.82, 2.24) is 5.32 Å². The Kier molecular flexibility index (Phi) is 7.19. The number of ether oxygens (including phenoxy) is 4. The van der Waals surface area contributed by atoms with E-state index in [4.69, 9.17) is 25.8 Å². The molecular weight excluding hydrogens is 398 g/mol. The first-order chi connectivity index (χ1) is 13.9. The minimum absolute atomic E-state index is 0.0885. The number of aliphatic hydroxyl groups excluding tert-OH is 1. The van der Waals surface area contributed by atoms with Crippen molar-refractivity contribution in [2.24, 2.45) is 0 Å². The molecule has 29 heavy (non-hydrogen) atoms. The van der Waals surface area contributed by atoms with Crippen LogP contribution in [-0.2, 0) is 15.9 Å². The van der Waals surface area contributed by atoms with Gasteiger partial charge in [-0.3, -0.25) is 0 Å². The maximum absolute atomic E-state index is 11.2. The molecule has 0 aromatic heterocycles. The summed E-state index contributed by atoms with van der Waals surface area (Å²) in [6.45, 7) is 2.55. The zero-order chi connectivity index (χ0) is 20.8. The lowest BCUT2D eigenvalue weighted by atomic mass is 10.1. The lowest BCUT2D eigenvalue weighted by molar-refractivity contribution is -0.0934. The van der Waals surface area contributed by atoms with Gasteiger partial charge in [0.15, 0.2) is 18.1 Å². The summed E-state index contributed by atoms with van der Waals surface area (Å²) in [5.74, 6) is 1.10. The molecule has 0 saturated carbocycles. The number of rotatable bonds is 7. The minimum Gasteiger partial charge on any atom is -0.482 e. The normalized spacial score (nSPS) is 17.3. The van der Waals surface area contributed by atoms with Gasteiger partial charge in [0.25, 0.3) is 6.29 Å². The predicted octanol–water partition coefficient (Wildman–Crippen LogP) is 3.47. The van der Waals surface area contributed by atoms with Crippen LogP contribution in [-0.4, -0.2) is 43.9 Å². The molecule has 2 N–H and O–H groups in total. The predicted molar refractivity (Wildman–Crippen MR) is 107 cm³/mol. The SMILES string of the molecule is COC(=O)OC1COc2cc(CC(C)NCC(O)c3cccc(Cl)c3)ccc2O1. The van der Waals surface area contributed by atoms with Gasteiger partial charge in [-0.25, -0.2) is 4.79 Å². The molecule has 0 amide bonds. The third-order valence-corrected chi connectivity index (χ3v) is 4.71. The van der Waals surface area contributed by atoms with Crippen molar-refractivity contribution in [1.29, 1.82) is 0 Å². The second-order valence-corrected chi connectivity index (χ2v) is 7.23. The summed E-state index contributed by atoms with van der Waals surface area (Å²) in [4.78, 5) is 11.2. The fourth-order valence-electron chi connectivity index (χ4n) is 3.01. The minimum atomic E-state index is -0.839. The van der Waals surface area contributed by atoms with Crippen LogP contribution in [0.1, 0.15) is 24.2 Å². The Morgan fingerprint density at radius 3 is 2.90 bits per heavy atom. The lowest BCUT2D eigenvalue weighted by Crippen LogP contribution is -2.34. The third-order valence-electron chi connectivity index (χ3n) is 4.47. The van der Waals surface area contributed by atoms with Crippen molar-refractivity contribution in [2.75, 3.05) is 20.3 Å². The summed E-state index contributed by atoms with van der Waals surface area (Å²) in [7, 11) is 1.23. The zero-order valence-corrected chi connectivity index (χ0v) is 17.0. The molecule has 3 atom stereocenters. The molecule has 3 unspecified atom stereocenters. The van der Waals surface area contributed by atoms with Crippen LogP contribution in [0, 0.1) is 0 Å². The van der Waals surface area contributed by atoms with E-state index in [0.717, 1.165) is 17.5 Å². The molecule has 1 aliphatic heterocycles. The first kappa shape index (κ1) is 21.2. The lowest BCUT2D eigenvalue weighted by Gasteiger charge is -2.26. The monoisotopic (exact) mass is 421 g/mol. The largest absolute Gasteiger partial charge is 0.511 e. The quantitative estimate of drug-likeness (QED) is 0.662. The van der Waals surface area contributed by atoms with E-state index in [1.54, 1.807) is 18.2 Å². The van der Waals surface area contributed by atoms with Gasteiger partial charge in [0.2, 0.25) is 0 Å². The summed E-state index contributed by atoms with van der Waals surface area (Å²) >= 11 is 5.97. The van der Waals surface area contributed by atoms with E-state index in [0.29, 0.717) is 23.1 Å². The number of benzene rings is 2. The fraction of sp³-hybridized carbons (Fsp3) is 0.381. The Hall–Kier alpha value is -2.48. The number of aliphatic hydroxyl groups is 1. The van der Waals surface area contributed by atoms with Crippen molar-refractivity contribution >= 4 is 17.8 Å². The molecule has 0 saturated heterocycles. The van der Waals surface area contributed by atoms with Crippen molar-refractivity contribution in [3.05, 3.63) is 58.6 Å². The average molecular weight is 422 g/mol. The topological polar surface area (TPSA) is 86.3 Å². The molecule has 0 aliphatic carbocycles. The van der Waals surface area contributed by atoms with Crippen LogP contribution in [0.15, 0.2) is 42.5 Å². The first-order valence-electron chi connectivity index (χ1n) is 9.28. The van der Waals surface area contributed by atoms with E-state index >= 15 is 0 Å². The van der Waals surface area contributed by atoms with E-state index < -0.39 is 18.5 Å². The first-order valence-corrected chi connectivity index (χ1v) is 9.66. The Morgan fingerprint density at radius 1 is 1.31 bits per heavy atom. The van der Waals surface area contributed by atoms with Crippen molar-refractivity contribution in [2.45, 2.75) is 31.8 Å². The molecular formula is C21H24ClNO6. The maximum Gasteiger partial charge on any atom is 0.511 e. The van der Waals surface area contributed by atoms with Gasteiger partial charge in [-0.1, -0.05) is 29.8 Å². The molecule has 0 spiro atoms. The number of hydrogen-bond donors (Lipinski definition) is 2. The molecule has 1 heterocycles. The molecule has 8 heteroatoms. The molecule has 2 aromatic rings. The van der Waals surface area contributed by atoms with Gasteiger partial charge in [-0.2, -0.15) is 0 Å². The standard InChI is InChI=1S/C21H24ClNO6/c1-13(23-11-17(24)15-4-3-5-16(22)10-15)8-14-6-7-18-19(9-14)27-12-20(28-18)29-21(25)26-2/h3-7,9-10,13,17,20,23-24H,8,11-12H2,1-2H3. The molecule has 1 aliphatic rings.